The molecule has 122 valence electrons. The Kier molecular flexibility index (Phi) is 5.54. The van der Waals surface area contributed by atoms with Crippen LogP contribution in [0.2, 0.25) is 0 Å². The molecule has 0 aromatic carbocycles. The number of nitrogens with zero attached hydrogens (tertiary/aromatic N) is 2. The molecule has 1 aromatic rings. The Labute approximate surface area is 130 Å². The summed E-state index contributed by atoms with van der Waals surface area (Å²) in [6, 6.07) is 0. The monoisotopic (exact) mass is 309 g/mol. The summed E-state index contributed by atoms with van der Waals surface area (Å²) >= 11 is 0. The minimum absolute atomic E-state index is 0.0944. The van der Waals surface area contributed by atoms with Crippen LogP contribution in [0.25, 0.3) is 0 Å². The lowest BCUT2D eigenvalue weighted by molar-refractivity contribution is -0.153. The zero-order valence-electron chi connectivity index (χ0n) is 13.3. The lowest BCUT2D eigenvalue weighted by Crippen LogP contribution is -2.24. The van der Waals surface area contributed by atoms with Crippen molar-refractivity contribution < 1.29 is 19.1 Å². The van der Waals surface area contributed by atoms with Gasteiger partial charge in [-0.25, -0.2) is 4.79 Å². The normalized spacial score (nSPS) is 15.0. The van der Waals surface area contributed by atoms with E-state index >= 15 is 0 Å². The third kappa shape index (κ3) is 4.30. The van der Waals surface area contributed by atoms with Gasteiger partial charge in [0.1, 0.15) is 6.61 Å². The number of esters is 1. The van der Waals surface area contributed by atoms with Crippen LogP contribution in [0.3, 0.4) is 0 Å². The summed E-state index contributed by atoms with van der Waals surface area (Å²) in [5.74, 6) is -0.893. The van der Waals surface area contributed by atoms with Gasteiger partial charge in [-0.1, -0.05) is 12.8 Å². The van der Waals surface area contributed by atoms with Gasteiger partial charge in [0.15, 0.2) is 6.61 Å². The molecular formula is C15H23N3O4. The molecule has 1 heterocycles. The molecule has 1 aliphatic carbocycles. The summed E-state index contributed by atoms with van der Waals surface area (Å²) in [6.45, 7) is 3.25. The molecule has 0 bridgehead atoms. The Morgan fingerprint density at radius 2 is 1.95 bits per heavy atom. The maximum Gasteiger partial charge on any atom is 0.332 e. The smallest absolute Gasteiger partial charge is 0.332 e. The van der Waals surface area contributed by atoms with Gasteiger partial charge < -0.3 is 14.8 Å². The summed E-state index contributed by atoms with van der Waals surface area (Å²) in [4.78, 5) is 23.4. The second kappa shape index (κ2) is 7.40. The number of hydrogen-bond donors (Lipinski definition) is 1. The van der Waals surface area contributed by atoms with E-state index in [1.54, 1.807) is 11.7 Å². The fourth-order valence-corrected chi connectivity index (χ4v) is 2.56. The number of amides is 1. The first-order chi connectivity index (χ1) is 10.5. The number of anilines is 1. The van der Waals surface area contributed by atoms with Crippen molar-refractivity contribution in [3.63, 3.8) is 0 Å². The van der Waals surface area contributed by atoms with Crippen molar-refractivity contribution in [2.75, 3.05) is 18.5 Å². The van der Waals surface area contributed by atoms with Crippen molar-refractivity contribution in [3.05, 3.63) is 11.4 Å². The second-order valence-corrected chi connectivity index (χ2v) is 5.60. The Hall–Kier alpha value is -1.89. The topological polar surface area (TPSA) is 82.5 Å². The number of hydrogen-bond acceptors (Lipinski definition) is 5. The van der Waals surface area contributed by atoms with E-state index in [0.717, 1.165) is 37.1 Å². The first-order valence-electron chi connectivity index (χ1n) is 7.54. The number of aromatic nitrogens is 2. The van der Waals surface area contributed by atoms with Crippen LogP contribution >= 0.6 is 0 Å². The van der Waals surface area contributed by atoms with Gasteiger partial charge in [-0.15, -0.1) is 0 Å². The van der Waals surface area contributed by atoms with Gasteiger partial charge in [0, 0.05) is 7.05 Å². The Balaban J connectivity index is 1.71. The van der Waals surface area contributed by atoms with Crippen molar-refractivity contribution in [2.45, 2.75) is 45.6 Å². The molecule has 1 N–H and O–H groups in total. The van der Waals surface area contributed by atoms with E-state index in [0.29, 0.717) is 5.69 Å². The average molecular weight is 309 g/mol. The van der Waals surface area contributed by atoms with Crippen LogP contribution in [-0.2, 0) is 26.1 Å². The van der Waals surface area contributed by atoms with Gasteiger partial charge in [0.2, 0.25) is 0 Å². The number of rotatable bonds is 6. The quantitative estimate of drug-likeness (QED) is 0.805. The molecule has 1 aliphatic rings. The van der Waals surface area contributed by atoms with Crippen molar-refractivity contribution in [1.29, 1.82) is 0 Å². The highest BCUT2D eigenvalue weighted by molar-refractivity contribution is 5.93. The van der Waals surface area contributed by atoms with E-state index in [2.05, 4.69) is 10.4 Å². The Morgan fingerprint density at radius 1 is 1.27 bits per heavy atom. The maximum absolute atomic E-state index is 11.8. The molecule has 0 atom stereocenters. The van der Waals surface area contributed by atoms with Crippen molar-refractivity contribution in [1.82, 2.24) is 9.78 Å². The number of ether oxygens (including phenoxy) is 2. The fourth-order valence-electron chi connectivity index (χ4n) is 2.56. The fraction of sp³-hybridized carbons (Fsp3) is 0.667. The number of carbonyl (C=O) groups excluding carboxylic acids is 2. The minimum Gasteiger partial charge on any atom is -0.454 e. The Bertz CT molecular complexity index is 547. The highest BCUT2D eigenvalue weighted by atomic mass is 16.6. The van der Waals surface area contributed by atoms with E-state index in [1.807, 2.05) is 13.8 Å². The zero-order chi connectivity index (χ0) is 16.1. The van der Waals surface area contributed by atoms with Crippen molar-refractivity contribution >= 4 is 17.6 Å². The Morgan fingerprint density at radius 3 is 2.55 bits per heavy atom. The summed E-state index contributed by atoms with van der Waals surface area (Å²) in [7, 11) is 1.80. The maximum atomic E-state index is 11.8. The zero-order valence-corrected chi connectivity index (χ0v) is 13.3. The summed E-state index contributed by atoms with van der Waals surface area (Å²) in [6.07, 6.45) is 4.43. The first kappa shape index (κ1) is 16.5. The average Bonchev–Trinajstić information content (AvgIpc) is 3.07. The van der Waals surface area contributed by atoms with Crippen LogP contribution in [0.4, 0.5) is 5.69 Å². The molecule has 7 heteroatoms. The van der Waals surface area contributed by atoms with E-state index in [9.17, 15) is 9.59 Å². The molecule has 0 aliphatic heterocycles. The molecule has 1 amide bonds. The highest BCUT2D eigenvalue weighted by Crippen LogP contribution is 2.20. The second-order valence-electron chi connectivity index (χ2n) is 5.60. The number of carbonyl (C=O) groups is 2. The predicted octanol–water partition coefficient (Wildman–Crippen LogP) is 1.48. The van der Waals surface area contributed by atoms with Gasteiger partial charge in [-0.05, 0) is 26.7 Å². The van der Waals surface area contributed by atoms with Crippen LogP contribution in [0.5, 0.6) is 0 Å². The van der Waals surface area contributed by atoms with E-state index in [4.69, 9.17) is 9.47 Å². The van der Waals surface area contributed by atoms with Gasteiger partial charge in [-0.3, -0.25) is 9.48 Å². The van der Waals surface area contributed by atoms with Crippen molar-refractivity contribution in [2.24, 2.45) is 7.05 Å². The largest absolute Gasteiger partial charge is 0.454 e. The molecule has 1 fully saturated rings. The molecule has 0 spiro atoms. The predicted molar refractivity (Wildman–Crippen MR) is 80.5 cm³/mol. The molecule has 0 unspecified atom stereocenters. The standard InChI is InChI=1S/C15H23N3O4/c1-10-15(11(2)18(3)17-10)16-13(19)8-22-14(20)9-21-12-6-4-5-7-12/h12H,4-9H2,1-3H3,(H,16,19). The van der Waals surface area contributed by atoms with Gasteiger partial charge in [0.25, 0.3) is 5.91 Å². The summed E-state index contributed by atoms with van der Waals surface area (Å²) in [5, 5.41) is 6.92. The SMILES string of the molecule is Cc1nn(C)c(C)c1NC(=O)COC(=O)COC1CCCC1. The highest BCUT2D eigenvalue weighted by Gasteiger charge is 2.18. The number of aryl methyl sites for hydroxylation is 2. The van der Waals surface area contributed by atoms with Crippen LogP contribution in [0, 0.1) is 13.8 Å². The first-order valence-corrected chi connectivity index (χ1v) is 7.54. The molecule has 0 radical (unpaired) electrons. The van der Waals surface area contributed by atoms with Gasteiger partial charge in [0.05, 0.1) is 23.2 Å². The molecule has 22 heavy (non-hydrogen) atoms. The van der Waals surface area contributed by atoms with Gasteiger partial charge in [-0.2, -0.15) is 5.10 Å². The molecule has 1 saturated carbocycles. The van der Waals surface area contributed by atoms with Gasteiger partial charge >= 0.3 is 5.97 Å². The number of nitrogens with one attached hydrogen (secondary N) is 1. The third-order valence-electron chi connectivity index (χ3n) is 3.88. The van der Waals surface area contributed by atoms with E-state index in [-0.39, 0.29) is 25.2 Å². The lowest BCUT2D eigenvalue weighted by atomic mass is 10.3. The summed E-state index contributed by atoms with van der Waals surface area (Å²) < 4.78 is 12.0. The van der Waals surface area contributed by atoms with Crippen LogP contribution in [0.1, 0.15) is 37.1 Å². The molecule has 7 nitrogen and oxygen atoms in total. The summed E-state index contributed by atoms with van der Waals surface area (Å²) in [5.41, 5.74) is 2.23. The van der Waals surface area contributed by atoms with E-state index in [1.165, 1.54) is 0 Å². The van der Waals surface area contributed by atoms with E-state index < -0.39 is 5.97 Å². The van der Waals surface area contributed by atoms with Crippen LogP contribution in [0.15, 0.2) is 0 Å². The van der Waals surface area contributed by atoms with Crippen LogP contribution < -0.4 is 5.32 Å². The molecular weight excluding hydrogens is 286 g/mol. The molecule has 2 rings (SSSR count). The molecule has 1 aromatic heterocycles. The minimum atomic E-state index is -0.512. The van der Waals surface area contributed by atoms with Crippen LogP contribution in [-0.4, -0.2) is 41.0 Å². The molecule has 0 saturated heterocycles. The third-order valence-corrected chi connectivity index (χ3v) is 3.88. The lowest BCUT2D eigenvalue weighted by Gasteiger charge is -2.10. The van der Waals surface area contributed by atoms with Crippen molar-refractivity contribution in [3.8, 4) is 0 Å².